The van der Waals surface area contributed by atoms with Crippen LogP contribution in [0.4, 0.5) is 0 Å². The summed E-state index contributed by atoms with van der Waals surface area (Å²) >= 11 is 7.24. The van der Waals surface area contributed by atoms with Crippen LogP contribution in [0, 0.1) is 0 Å². The smallest absolute Gasteiger partial charge is 0.133 e. The van der Waals surface area contributed by atoms with Crippen LogP contribution < -0.4 is 0 Å². The average Bonchev–Trinajstić information content (AvgIpc) is 2.88. The van der Waals surface area contributed by atoms with Gasteiger partial charge in [0.2, 0.25) is 0 Å². The summed E-state index contributed by atoms with van der Waals surface area (Å²) in [5, 5.41) is 0. The maximum Gasteiger partial charge on any atom is 0.133 e. The Morgan fingerprint density at radius 3 is 1.28 bits per heavy atom. The first kappa shape index (κ1) is 31.7. The number of unbranched alkanes of at least 4 members (excludes halogenated alkanes) is 18. The number of nitrogens with zero attached hydrogens (tertiary/aromatic N) is 3. The van der Waals surface area contributed by atoms with E-state index in [0.29, 0.717) is 0 Å². The molecule has 2 aromatic heterocycles. The summed E-state index contributed by atoms with van der Waals surface area (Å²) in [6, 6.07) is 0. The minimum Gasteiger partial charge on any atom is -0.248 e. The van der Waals surface area contributed by atoms with E-state index in [1.54, 1.807) is 0 Å². The Hall–Kier alpha value is -0.550. The fraction of sp³-hybridized carbons (Fsp3) is 0.774. The quantitative estimate of drug-likeness (QED) is 0.0965. The van der Waals surface area contributed by atoms with Crippen molar-refractivity contribution in [3.8, 4) is 0 Å². The minimum atomic E-state index is 0.794. The lowest BCUT2D eigenvalue weighted by atomic mass is 10.0. The van der Waals surface area contributed by atoms with Crippen molar-refractivity contribution >= 4 is 42.9 Å². The first-order chi connectivity index (χ1) is 17.7. The molecule has 0 spiro atoms. The third kappa shape index (κ3) is 12.8. The van der Waals surface area contributed by atoms with Gasteiger partial charge in [0.15, 0.2) is 0 Å². The van der Waals surface area contributed by atoms with Crippen molar-refractivity contribution in [2.45, 2.75) is 155 Å². The number of aromatic nitrogens is 3. The van der Waals surface area contributed by atoms with Crippen LogP contribution >= 0.6 is 31.9 Å². The summed E-state index contributed by atoms with van der Waals surface area (Å²) in [7, 11) is 0. The van der Waals surface area contributed by atoms with Crippen molar-refractivity contribution < 1.29 is 0 Å². The molecule has 0 fully saturated rings. The highest BCUT2D eigenvalue weighted by molar-refractivity contribution is 9.11. The van der Waals surface area contributed by atoms with E-state index < -0.39 is 0 Å². The Labute approximate surface area is 238 Å². The van der Waals surface area contributed by atoms with Crippen molar-refractivity contribution in [2.24, 2.45) is 0 Å². The van der Waals surface area contributed by atoms with Gasteiger partial charge in [0.1, 0.15) is 15.6 Å². The molecular weight excluding hydrogens is 574 g/mol. The Kier molecular flexibility index (Phi) is 18.0. The second-order valence-electron chi connectivity index (χ2n) is 10.6. The number of halogens is 2. The standard InChI is InChI=1S/C31H51Br2N3/c1-3-5-7-9-11-13-15-17-19-21-23-27-28(24-22-20-18-16-14-12-10-8-6-4-2)36-30-29(35-27)26(32)25-34-31(30)33/h25H,3-24H2,1-2H3. The predicted molar refractivity (Wildman–Crippen MR) is 164 cm³/mol. The van der Waals surface area contributed by atoms with Gasteiger partial charge in [0.05, 0.1) is 15.9 Å². The van der Waals surface area contributed by atoms with E-state index in [4.69, 9.17) is 9.97 Å². The van der Waals surface area contributed by atoms with Crippen molar-refractivity contribution in [3.63, 3.8) is 0 Å². The van der Waals surface area contributed by atoms with E-state index in [2.05, 4.69) is 50.7 Å². The molecule has 0 bridgehead atoms. The lowest BCUT2D eigenvalue weighted by Crippen LogP contribution is -2.05. The van der Waals surface area contributed by atoms with E-state index in [-0.39, 0.29) is 0 Å². The maximum atomic E-state index is 5.10. The molecule has 0 saturated heterocycles. The van der Waals surface area contributed by atoms with Crippen molar-refractivity contribution in [2.75, 3.05) is 0 Å². The fourth-order valence-electron chi connectivity index (χ4n) is 5.01. The van der Waals surface area contributed by atoms with Gasteiger partial charge in [0, 0.05) is 6.20 Å². The van der Waals surface area contributed by atoms with Crippen LogP contribution in [0.25, 0.3) is 11.0 Å². The molecule has 0 atom stereocenters. The van der Waals surface area contributed by atoms with Gasteiger partial charge in [-0.3, -0.25) is 0 Å². The van der Waals surface area contributed by atoms with Crippen LogP contribution in [0.15, 0.2) is 15.3 Å². The van der Waals surface area contributed by atoms with Crippen LogP contribution in [0.5, 0.6) is 0 Å². The monoisotopic (exact) mass is 623 g/mol. The summed E-state index contributed by atoms with van der Waals surface area (Å²) in [6.07, 6.45) is 31.1. The Bertz CT molecular complexity index is 772. The highest BCUT2D eigenvalue weighted by Gasteiger charge is 2.14. The van der Waals surface area contributed by atoms with Gasteiger partial charge in [-0.1, -0.05) is 129 Å². The molecule has 0 aliphatic heterocycles. The zero-order chi connectivity index (χ0) is 25.8. The van der Waals surface area contributed by atoms with Crippen LogP contribution in [-0.4, -0.2) is 15.0 Å². The molecule has 3 nitrogen and oxygen atoms in total. The maximum absolute atomic E-state index is 5.10. The Morgan fingerprint density at radius 2 is 0.861 bits per heavy atom. The lowest BCUT2D eigenvalue weighted by molar-refractivity contribution is 0.551. The van der Waals surface area contributed by atoms with Gasteiger partial charge in [-0.25, -0.2) is 15.0 Å². The van der Waals surface area contributed by atoms with Crippen molar-refractivity contribution in [1.29, 1.82) is 0 Å². The number of hydrogen-bond donors (Lipinski definition) is 0. The fourth-order valence-corrected chi connectivity index (χ4v) is 5.77. The third-order valence-electron chi connectivity index (χ3n) is 7.30. The molecule has 0 unspecified atom stereocenters. The summed E-state index contributed by atoms with van der Waals surface area (Å²) in [5.41, 5.74) is 4.22. The lowest BCUT2D eigenvalue weighted by Gasteiger charge is -2.12. The molecule has 0 aliphatic rings. The molecule has 36 heavy (non-hydrogen) atoms. The first-order valence-electron chi connectivity index (χ1n) is 15.2. The number of pyridine rings is 1. The molecule has 0 aromatic carbocycles. The van der Waals surface area contributed by atoms with E-state index in [9.17, 15) is 0 Å². The second-order valence-corrected chi connectivity index (χ2v) is 12.2. The van der Waals surface area contributed by atoms with Crippen LogP contribution in [0.2, 0.25) is 0 Å². The highest BCUT2D eigenvalue weighted by atomic mass is 79.9. The zero-order valence-electron chi connectivity index (χ0n) is 23.2. The van der Waals surface area contributed by atoms with E-state index in [1.165, 1.54) is 140 Å². The number of hydrogen-bond acceptors (Lipinski definition) is 3. The number of rotatable bonds is 22. The van der Waals surface area contributed by atoms with E-state index in [0.717, 1.165) is 33.0 Å². The van der Waals surface area contributed by atoms with E-state index in [1.807, 2.05) is 6.20 Å². The van der Waals surface area contributed by atoms with Crippen molar-refractivity contribution in [3.05, 3.63) is 26.7 Å². The van der Waals surface area contributed by atoms with Gasteiger partial charge in [-0.05, 0) is 57.5 Å². The van der Waals surface area contributed by atoms with E-state index >= 15 is 0 Å². The predicted octanol–water partition coefficient (Wildman–Crippen LogP) is 11.5. The van der Waals surface area contributed by atoms with Crippen LogP contribution in [-0.2, 0) is 12.8 Å². The normalized spacial score (nSPS) is 11.6. The highest BCUT2D eigenvalue weighted by Crippen LogP contribution is 2.28. The molecule has 0 amide bonds. The second kappa shape index (κ2) is 20.4. The molecule has 5 heteroatoms. The summed E-state index contributed by atoms with van der Waals surface area (Å²) in [4.78, 5) is 14.6. The summed E-state index contributed by atoms with van der Waals surface area (Å²) in [6.45, 7) is 4.58. The van der Waals surface area contributed by atoms with Gasteiger partial charge in [0.25, 0.3) is 0 Å². The average molecular weight is 626 g/mol. The van der Waals surface area contributed by atoms with Crippen LogP contribution in [0.3, 0.4) is 0 Å². The van der Waals surface area contributed by atoms with Gasteiger partial charge in [-0.2, -0.15) is 0 Å². The van der Waals surface area contributed by atoms with Gasteiger partial charge >= 0.3 is 0 Å². The number of fused-ring (bicyclic) bond motifs is 1. The summed E-state index contributed by atoms with van der Waals surface area (Å²) in [5.74, 6) is 0. The van der Waals surface area contributed by atoms with Crippen LogP contribution in [0.1, 0.15) is 154 Å². The molecule has 204 valence electrons. The Balaban J connectivity index is 1.79. The third-order valence-corrected chi connectivity index (χ3v) is 8.46. The molecule has 0 aliphatic carbocycles. The first-order valence-corrected chi connectivity index (χ1v) is 16.8. The molecule has 0 N–H and O–H groups in total. The minimum absolute atomic E-state index is 0.794. The SMILES string of the molecule is CCCCCCCCCCCCc1nc2c(Br)cnc(Br)c2nc1CCCCCCCCCCCC. The molecular formula is C31H51Br2N3. The molecule has 0 radical (unpaired) electrons. The topological polar surface area (TPSA) is 38.7 Å². The molecule has 2 rings (SSSR count). The molecule has 0 saturated carbocycles. The molecule has 2 heterocycles. The van der Waals surface area contributed by atoms with Crippen molar-refractivity contribution in [1.82, 2.24) is 15.0 Å². The largest absolute Gasteiger partial charge is 0.248 e. The van der Waals surface area contributed by atoms with Gasteiger partial charge in [-0.15, -0.1) is 0 Å². The van der Waals surface area contributed by atoms with Gasteiger partial charge < -0.3 is 0 Å². The molecule has 2 aromatic rings. The Morgan fingerprint density at radius 1 is 0.500 bits per heavy atom. The number of aryl methyl sites for hydroxylation is 2. The zero-order valence-corrected chi connectivity index (χ0v) is 26.4. The summed E-state index contributed by atoms with van der Waals surface area (Å²) < 4.78 is 1.73.